The number of aromatic nitrogens is 2. The Morgan fingerprint density at radius 2 is 2.20 bits per heavy atom. The first-order valence-corrected chi connectivity index (χ1v) is 8.30. The maximum absolute atomic E-state index is 12.3. The minimum Gasteiger partial charge on any atom is -0.463 e. The van der Waals surface area contributed by atoms with Gasteiger partial charge in [0.15, 0.2) is 11.5 Å². The van der Waals surface area contributed by atoms with Gasteiger partial charge in [0.25, 0.3) is 5.91 Å². The zero-order valence-corrected chi connectivity index (χ0v) is 14.7. The van der Waals surface area contributed by atoms with E-state index in [4.69, 9.17) is 9.15 Å². The van der Waals surface area contributed by atoms with E-state index in [1.165, 1.54) is 0 Å². The lowest BCUT2D eigenvalue weighted by atomic mass is 10.0. The molecular formula is C17H24N4O4. The molecule has 136 valence electrons. The first kappa shape index (κ1) is 18.6. The number of carbonyl (C=O) groups is 2. The normalized spacial score (nSPS) is 12.0. The van der Waals surface area contributed by atoms with Crippen molar-refractivity contribution in [3.05, 3.63) is 30.2 Å². The molecule has 2 amide bonds. The molecule has 1 atom stereocenters. The van der Waals surface area contributed by atoms with Crippen LogP contribution in [-0.2, 0) is 4.74 Å². The molecule has 2 aromatic rings. The van der Waals surface area contributed by atoms with Crippen LogP contribution in [0.3, 0.4) is 0 Å². The third-order valence-electron chi connectivity index (χ3n) is 3.46. The van der Waals surface area contributed by atoms with Crippen LogP contribution in [0.5, 0.6) is 0 Å². The Balaban J connectivity index is 1.92. The molecule has 2 rings (SSSR count). The lowest BCUT2D eigenvalue weighted by Gasteiger charge is -2.20. The van der Waals surface area contributed by atoms with Crippen LogP contribution in [0.25, 0.3) is 11.5 Å². The Hall–Kier alpha value is -2.77. The molecule has 8 heteroatoms. The van der Waals surface area contributed by atoms with E-state index in [0.29, 0.717) is 30.5 Å². The van der Waals surface area contributed by atoms with Crippen molar-refractivity contribution in [1.29, 1.82) is 0 Å². The van der Waals surface area contributed by atoms with Crippen molar-refractivity contribution in [2.24, 2.45) is 5.92 Å². The third kappa shape index (κ3) is 5.66. The Kier molecular flexibility index (Phi) is 6.62. The molecule has 0 aliphatic carbocycles. The second-order valence-corrected chi connectivity index (χ2v) is 6.05. The molecule has 0 fully saturated rings. The second kappa shape index (κ2) is 8.91. The molecule has 2 heterocycles. The highest BCUT2D eigenvalue weighted by Gasteiger charge is 2.18. The molecule has 8 nitrogen and oxygen atoms in total. The SMILES string of the molecule is CCOC(=O)NC(CNC(=O)c1cc(-c2ccco2)[nH]n1)CC(C)C. The number of hydrogen-bond donors (Lipinski definition) is 3. The van der Waals surface area contributed by atoms with Gasteiger partial charge in [-0.25, -0.2) is 4.79 Å². The van der Waals surface area contributed by atoms with E-state index >= 15 is 0 Å². The highest BCUT2D eigenvalue weighted by atomic mass is 16.5. The summed E-state index contributed by atoms with van der Waals surface area (Å²) in [7, 11) is 0. The predicted molar refractivity (Wildman–Crippen MR) is 92.0 cm³/mol. The highest BCUT2D eigenvalue weighted by Crippen LogP contribution is 2.17. The number of nitrogens with one attached hydrogen (secondary N) is 3. The van der Waals surface area contributed by atoms with Gasteiger partial charge >= 0.3 is 6.09 Å². The topological polar surface area (TPSA) is 109 Å². The average Bonchev–Trinajstić information content (AvgIpc) is 3.22. The van der Waals surface area contributed by atoms with Gasteiger partial charge in [-0.05, 0) is 31.4 Å². The van der Waals surface area contributed by atoms with Gasteiger partial charge < -0.3 is 19.8 Å². The first-order valence-electron chi connectivity index (χ1n) is 8.30. The third-order valence-corrected chi connectivity index (χ3v) is 3.46. The van der Waals surface area contributed by atoms with Crippen molar-refractivity contribution in [2.75, 3.05) is 13.2 Å². The van der Waals surface area contributed by atoms with Gasteiger partial charge in [-0.2, -0.15) is 5.10 Å². The lowest BCUT2D eigenvalue weighted by Crippen LogP contribution is -2.44. The summed E-state index contributed by atoms with van der Waals surface area (Å²) < 4.78 is 10.2. The molecule has 1 unspecified atom stereocenters. The number of amides is 2. The van der Waals surface area contributed by atoms with E-state index in [-0.39, 0.29) is 17.6 Å². The maximum atomic E-state index is 12.3. The van der Waals surface area contributed by atoms with Crippen molar-refractivity contribution in [1.82, 2.24) is 20.8 Å². The monoisotopic (exact) mass is 348 g/mol. The minimum atomic E-state index is -0.484. The van der Waals surface area contributed by atoms with E-state index in [2.05, 4.69) is 20.8 Å². The van der Waals surface area contributed by atoms with Crippen LogP contribution < -0.4 is 10.6 Å². The van der Waals surface area contributed by atoms with E-state index in [1.807, 2.05) is 13.8 Å². The van der Waals surface area contributed by atoms with Gasteiger partial charge in [-0.3, -0.25) is 9.89 Å². The Labute approximate surface area is 146 Å². The van der Waals surface area contributed by atoms with E-state index in [0.717, 1.165) is 6.42 Å². The molecule has 0 saturated heterocycles. The molecule has 0 aromatic carbocycles. The van der Waals surface area contributed by atoms with Gasteiger partial charge in [-0.1, -0.05) is 13.8 Å². The van der Waals surface area contributed by atoms with Crippen molar-refractivity contribution < 1.29 is 18.7 Å². The summed E-state index contributed by atoms with van der Waals surface area (Å²) in [5.74, 6) is 0.640. The average molecular weight is 348 g/mol. The summed E-state index contributed by atoms with van der Waals surface area (Å²) in [6.07, 6.45) is 1.78. The summed E-state index contributed by atoms with van der Waals surface area (Å²) in [6, 6.07) is 4.93. The van der Waals surface area contributed by atoms with E-state index in [1.54, 1.807) is 31.4 Å². The fraction of sp³-hybridized carbons (Fsp3) is 0.471. The smallest absolute Gasteiger partial charge is 0.407 e. The summed E-state index contributed by atoms with van der Waals surface area (Å²) in [5, 5.41) is 12.3. The summed E-state index contributed by atoms with van der Waals surface area (Å²) in [6.45, 7) is 6.43. The maximum Gasteiger partial charge on any atom is 0.407 e. The predicted octanol–water partition coefficient (Wildman–Crippen LogP) is 2.56. The number of hydrogen-bond acceptors (Lipinski definition) is 5. The van der Waals surface area contributed by atoms with Crippen molar-refractivity contribution >= 4 is 12.0 Å². The summed E-state index contributed by atoms with van der Waals surface area (Å²) in [5.41, 5.74) is 0.879. The minimum absolute atomic E-state index is 0.216. The molecule has 0 aliphatic heterocycles. The quantitative estimate of drug-likeness (QED) is 0.679. The van der Waals surface area contributed by atoms with E-state index in [9.17, 15) is 9.59 Å². The highest BCUT2D eigenvalue weighted by molar-refractivity contribution is 5.93. The largest absolute Gasteiger partial charge is 0.463 e. The van der Waals surface area contributed by atoms with Gasteiger partial charge in [-0.15, -0.1) is 0 Å². The Morgan fingerprint density at radius 1 is 1.40 bits per heavy atom. The zero-order valence-electron chi connectivity index (χ0n) is 14.7. The fourth-order valence-corrected chi connectivity index (χ4v) is 2.40. The van der Waals surface area contributed by atoms with Gasteiger partial charge in [0, 0.05) is 18.7 Å². The molecule has 0 saturated carbocycles. The first-order chi connectivity index (χ1) is 12.0. The molecule has 0 radical (unpaired) electrons. The van der Waals surface area contributed by atoms with E-state index < -0.39 is 6.09 Å². The lowest BCUT2D eigenvalue weighted by molar-refractivity contribution is 0.0939. The molecular weight excluding hydrogens is 324 g/mol. The van der Waals surface area contributed by atoms with Crippen LogP contribution in [0, 0.1) is 5.92 Å². The molecule has 0 bridgehead atoms. The number of alkyl carbamates (subject to hydrolysis) is 1. The molecule has 3 N–H and O–H groups in total. The van der Waals surface area contributed by atoms with Gasteiger partial charge in [0.1, 0.15) is 5.69 Å². The van der Waals surface area contributed by atoms with Crippen LogP contribution in [0.2, 0.25) is 0 Å². The number of carbonyl (C=O) groups excluding carboxylic acids is 2. The summed E-state index contributed by atoms with van der Waals surface area (Å²) in [4.78, 5) is 23.9. The van der Waals surface area contributed by atoms with Crippen LogP contribution in [-0.4, -0.2) is 41.4 Å². The number of ether oxygens (including phenoxy) is 1. The number of nitrogens with zero attached hydrogens (tertiary/aromatic N) is 1. The number of aromatic amines is 1. The van der Waals surface area contributed by atoms with Crippen LogP contribution in [0.15, 0.2) is 28.9 Å². The van der Waals surface area contributed by atoms with Crippen molar-refractivity contribution in [2.45, 2.75) is 33.2 Å². The van der Waals surface area contributed by atoms with Gasteiger partial charge in [0.05, 0.1) is 12.9 Å². The standard InChI is InChI=1S/C17H24N4O4/c1-4-24-17(23)19-12(8-11(2)3)10-18-16(22)14-9-13(20-21-14)15-6-5-7-25-15/h5-7,9,11-12H,4,8,10H2,1-3H3,(H,18,22)(H,19,23)(H,20,21). The van der Waals surface area contributed by atoms with Gasteiger partial charge in [0.2, 0.25) is 0 Å². The molecule has 25 heavy (non-hydrogen) atoms. The fourth-order valence-electron chi connectivity index (χ4n) is 2.40. The summed E-state index contributed by atoms with van der Waals surface area (Å²) >= 11 is 0. The Morgan fingerprint density at radius 3 is 2.84 bits per heavy atom. The number of furan rings is 1. The number of H-pyrrole nitrogens is 1. The van der Waals surface area contributed by atoms with Crippen LogP contribution in [0.1, 0.15) is 37.7 Å². The number of rotatable bonds is 8. The molecule has 0 aliphatic rings. The molecule has 2 aromatic heterocycles. The van der Waals surface area contributed by atoms with Crippen molar-refractivity contribution in [3.8, 4) is 11.5 Å². The van der Waals surface area contributed by atoms with Crippen LogP contribution in [0.4, 0.5) is 4.79 Å². The Bertz CT molecular complexity index is 679. The van der Waals surface area contributed by atoms with Crippen LogP contribution >= 0.6 is 0 Å². The molecule has 0 spiro atoms. The zero-order chi connectivity index (χ0) is 18.2. The second-order valence-electron chi connectivity index (χ2n) is 6.05. The van der Waals surface area contributed by atoms with Crippen molar-refractivity contribution in [3.63, 3.8) is 0 Å².